The Bertz CT molecular complexity index is 200. The van der Waals surface area contributed by atoms with E-state index in [0.29, 0.717) is 5.56 Å². The van der Waals surface area contributed by atoms with E-state index in [4.69, 9.17) is 6.42 Å². The predicted molar refractivity (Wildman–Crippen MR) is 30.5 cm³/mol. The van der Waals surface area contributed by atoms with E-state index in [1.807, 2.05) is 0 Å². The second-order valence-corrected chi connectivity index (χ2v) is 1.37. The first-order chi connectivity index (χ1) is 3.93. The van der Waals surface area contributed by atoms with Crippen LogP contribution in [-0.4, -0.2) is 4.98 Å². The molecule has 1 heterocycles. The Morgan fingerprint density at radius 1 is 1.56 bits per heavy atom. The largest absolute Gasteiger partial charge is 1.00 e. The van der Waals surface area contributed by atoms with Crippen molar-refractivity contribution in [3.05, 3.63) is 36.5 Å². The van der Waals surface area contributed by atoms with Gasteiger partial charge in [-0.3, -0.25) is 10.9 Å². The molecule has 0 amide bonds. The second kappa shape index (κ2) is 4.34. The monoisotopic (exact) mass is 209 g/mol. The van der Waals surface area contributed by atoms with Crippen molar-refractivity contribution >= 4 is 0 Å². The first-order valence-electron chi connectivity index (χ1n) is 2.26. The molecule has 0 atom stereocenters. The smallest absolute Gasteiger partial charge is 0.366 e. The Morgan fingerprint density at radius 2 is 2.33 bits per heavy atom. The summed E-state index contributed by atoms with van der Waals surface area (Å²) in [6.07, 6.45) is 9.91. The summed E-state index contributed by atoms with van der Waals surface area (Å²) in [6.45, 7) is 0. The maximum absolute atomic E-state index is 6.65. The topological polar surface area (TPSA) is 12.9 Å². The Balaban J connectivity index is 0.000000640. The third-order valence-electron chi connectivity index (χ3n) is 0.806. The molecule has 0 spiro atoms. The summed E-state index contributed by atoms with van der Waals surface area (Å²) in [5.41, 5.74) is 0.715. The number of rotatable bonds is 0. The summed E-state index contributed by atoms with van der Waals surface area (Å²) in [6, 6.07) is 3.55. The van der Waals surface area contributed by atoms with Crippen molar-refractivity contribution in [1.29, 1.82) is 0 Å². The van der Waals surface area contributed by atoms with Gasteiger partial charge in [0.05, 0.1) is 0 Å². The molecule has 0 saturated heterocycles. The van der Waals surface area contributed by atoms with Crippen molar-refractivity contribution in [3.8, 4) is 5.92 Å². The van der Waals surface area contributed by atoms with Gasteiger partial charge in [-0.15, -0.1) is 11.6 Å². The summed E-state index contributed by atoms with van der Waals surface area (Å²) in [5, 5.41) is 0. The minimum atomic E-state index is 0. The number of nitrogens with zero attached hydrogens (tertiary/aromatic N) is 1. The van der Waals surface area contributed by atoms with Crippen LogP contribution in [0.3, 0.4) is 0 Å². The maximum atomic E-state index is 6.65. The SMILES string of the molecule is [Ag+].[C-]#Cc1cccnc1. The second-order valence-electron chi connectivity index (χ2n) is 1.37. The Hall–Kier alpha value is -0.550. The van der Waals surface area contributed by atoms with E-state index in [-0.39, 0.29) is 22.4 Å². The Kier molecular flexibility index (Phi) is 4.08. The summed E-state index contributed by atoms with van der Waals surface area (Å²) in [7, 11) is 0. The van der Waals surface area contributed by atoms with E-state index in [1.165, 1.54) is 0 Å². The molecule has 0 aliphatic rings. The molecule has 1 nitrogen and oxygen atoms in total. The van der Waals surface area contributed by atoms with E-state index in [2.05, 4.69) is 10.9 Å². The number of hydrogen-bond donors (Lipinski definition) is 0. The molecule has 0 unspecified atom stereocenters. The van der Waals surface area contributed by atoms with Crippen LogP contribution in [0.2, 0.25) is 0 Å². The standard InChI is InChI=1S/C7H4N.Ag/c1-2-7-4-3-5-8-6-7;/h3-6H;/q-1;+1. The van der Waals surface area contributed by atoms with Gasteiger partial charge in [0.1, 0.15) is 0 Å². The van der Waals surface area contributed by atoms with Gasteiger partial charge < -0.3 is 6.42 Å². The fourth-order valence-corrected chi connectivity index (χ4v) is 0.437. The van der Waals surface area contributed by atoms with Gasteiger partial charge in [-0.2, -0.15) is 0 Å². The molecule has 48 valence electrons. The minimum Gasteiger partial charge on any atom is -0.366 e. The molecule has 0 saturated carbocycles. The van der Waals surface area contributed by atoms with Crippen LogP contribution in [0.25, 0.3) is 0 Å². The molecule has 0 aliphatic carbocycles. The molecule has 0 fully saturated rings. The van der Waals surface area contributed by atoms with Crippen LogP contribution < -0.4 is 0 Å². The van der Waals surface area contributed by atoms with Gasteiger partial charge in [0, 0.05) is 6.20 Å². The van der Waals surface area contributed by atoms with E-state index in [1.54, 1.807) is 24.5 Å². The van der Waals surface area contributed by atoms with Gasteiger partial charge in [0.2, 0.25) is 0 Å². The fourth-order valence-electron chi connectivity index (χ4n) is 0.437. The van der Waals surface area contributed by atoms with Crippen LogP contribution in [0.5, 0.6) is 0 Å². The van der Waals surface area contributed by atoms with Crippen molar-refractivity contribution in [1.82, 2.24) is 4.98 Å². The average molecular weight is 210 g/mol. The zero-order valence-electron chi connectivity index (χ0n) is 4.56. The number of aromatic nitrogens is 1. The average Bonchev–Trinajstić information content (AvgIpc) is 1.90. The van der Waals surface area contributed by atoms with E-state index in [0.717, 1.165) is 0 Å². The van der Waals surface area contributed by atoms with Crippen molar-refractivity contribution < 1.29 is 22.4 Å². The van der Waals surface area contributed by atoms with Crippen LogP contribution in [0.1, 0.15) is 5.56 Å². The molecule has 0 aliphatic heterocycles. The predicted octanol–water partition coefficient (Wildman–Crippen LogP) is 1.02. The van der Waals surface area contributed by atoms with Crippen LogP contribution in [0.15, 0.2) is 24.5 Å². The minimum absolute atomic E-state index is 0. The van der Waals surface area contributed by atoms with Crippen LogP contribution in [0, 0.1) is 12.3 Å². The van der Waals surface area contributed by atoms with Crippen molar-refractivity contribution in [2.45, 2.75) is 0 Å². The third-order valence-corrected chi connectivity index (χ3v) is 0.806. The molecule has 0 bridgehead atoms. The molecule has 0 N–H and O–H groups in total. The summed E-state index contributed by atoms with van der Waals surface area (Å²) in [5.74, 6) is 2.21. The van der Waals surface area contributed by atoms with Crippen LogP contribution in [0.4, 0.5) is 0 Å². The van der Waals surface area contributed by atoms with E-state index < -0.39 is 0 Å². The van der Waals surface area contributed by atoms with Crippen LogP contribution >= 0.6 is 0 Å². The summed E-state index contributed by atoms with van der Waals surface area (Å²) >= 11 is 0. The molecule has 0 aromatic carbocycles. The molecule has 0 radical (unpaired) electrons. The van der Waals surface area contributed by atoms with Crippen molar-refractivity contribution in [2.75, 3.05) is 0 Å². The molecule has 1 aromatic heterocycles. The fraction of sp³-hybridized carbons (Fsp3) is 0. The molecule has 1 rings (SSSR count). The zero-order chi connectivity index (χ0) is 5.82. The van der Waals surface area contributed by atoms with Crippen LogP contribution in [-0.2, 0) is 22.4 Å². The Morgan fingerprint density at radius 3 is 2.67 bits per heavy atom. The van der Waals surface area contributed by atoms with Gasteiger partial charge in [0.15, 0.2) is 0 Å². The first-order valence-corrected chi connectivity index (χ1v) is 2.26. The third kappa shape index (κ3) is 2.48. The Labute approximate surface area is 70.0 Å². The molecule has 2 heteroatoms. The first kappa shape index (κ1) is 8.45. The number of hydrogen-bond acceptors (Lipinski definition) is 1. The van der Waals surface area contributed by atoms with Crippen molar-refractivity contribution in [2.24, 2.45) is 0 Å². The normalized spacial score (nSPS) is 7.00. The van der Waals surface area contributed by atoms with E-state index >= 15 is 0 Å². The van der Waals surface area contributed by atoms with E-state index in [9.17, 15) is 0 Å². The van der Waals surface area contributed by atoms with Gasteiger partial charge in [-0.05, 0) is 6.20 Å². The van der Waals surface area contributed by atoms with Gasteiger partial charge >= 0.3 is 22.4 Å². The number of pyridine rings is 1. The van der Waals surface area contributed by atoms with Gasteiger partial charge in [-0.1, -0.05) is 6.07 Å². The summed E-state index contributed by atoms with van der Waals surface area (Å²) in [4.78, 5) is 3.77. The molecular formula is C7H4AgN. The van der Waals surface area contributed by atoms with Gasteiger partial charge in [-0.25, -0.2) is 0 Å². The van der Waals surface area contributed by atoms with Crippen molar-refractivity contribution in [3.63, 3.8) is 0 Å². The quantitative estimate of drug-likeness (QED) is 0.354. The van der Waals surface area contributed by atoms with Gasteiger partial charge in [0.25, 0.3) is 0 Å². The summed E-state index contributed by atoms with van der Waals surface area (Å²) < 4.78 is 0. The molecule has 1 aromatic rings. The molecular weight excluding hydrogens is 206 g/mol. The maximum Gasteiger partial charge on any atom is 1.00 e. The zero-order valence-corrected chi connectivity index (χ0v) is 6.04. The molecule has 9 heavy (non-hydrogen) atoms.